The summed E-state index contributed by atoms with van der Waals surface area (Å²) in [5.74, 6) is -0.175. The molecule has 1 aromatic carbocycles. The topological polar surface area (TPSA) is 12.9 Å². The number of rotatable bonds is 1. The molecule has 0 amide bonds. The first-order valence-corrected chi connectivity index (χ1v) is 4.86. The Hall–Kier alpha value is -1.22. The zero-order valence-corrected chi connectivity index (χ0v) is 7.94. The molecule has 1 nitrogen and oxygen atoms in total. The van der Waals surface area contributed by atoms with Gasteiger partial charge >= 0.3 is 0 Å². The minimum atomic E-state index is -0.175. The second kappa shape index (κ2) is 3.26. The highest BCUT2D eigenvalue weighted by Gasteiger charge is 2.02. The van der Waals surface area contributed by atoms with Crippen molar-refractivity contribution in [1.29, 1.82) is 0 Å². The predicted octanol–water partition coefficient (Wildman–Crippen LogP) is 3.26. The maximum absolute atomic E-state index is 13.1. The van der Waals surface area contributed by atoms with E-state index in [1.54, 1.807) is 18.5 Å². The molecule has 0 fully saturated rings. The van der Waals surface area contributed by atoms with Gasteiger partial charge in [0.05, 0.1) is 11.2 Å². The number of thiazole rings is 1. The summed E-state index contributed by atoms with van der Waals surface area (Å²) in [6, 6.07) is 5.17. The summed E-state index contributed by atoms with van der Waals surface area (Å²) in [7, 11) is 0. The van der Waals surface area contributed by atoms with Crippen LogP contribution in [-0.4, -0.2) is 4.98 Å². The van der Waals surface area contributed by atoms with Crippen molar-refractivity contribution < 1.29 is 4.39 Å². The SMILES string of the molecule is Cc1ccc(-c2cscn2)cc1F. The third-order valence-corrected chi connectivity index (χ3v) is 2.49. The fourth-order valence-electron chi connectivity index (χ4n) is 1.11. The van der Waals surface area contributed by atoms with Crippen LogP contribution in [0.3, 0.4) is 0 Å². The van der Waals surface area contributed by atoms with E-state index in [9.17, 15) is 4.39 Å². The molecule has 0 saturated heterocycles. The highest BCUT2D eigenvalue weighted by atomic mass is 32.1. The van der Waals surface area contributed by atoms with Gasteiger partial charge < -0.3 is 0 Å². The molecule has 3 heteroatoms. The fourth-order valence-corrected chi connectivity index (χ4v) is 1.67. The second-order valence-electron chi connectivity index (χ2n) is 2.84. The van der Waals surface area contributed by atoms with Crippen molar-refractivity contribution in [2.75, 3.05) is 0 Å². The van der Waals surface area contributed by atoms with E-state index in [0.29, 0.717) is 5.56 Å². The van der Waals surface area contributed by atoms with E-state index in [-0.39, 0.29) is 5.82 Å². The summed E-state index contributed by atoms with van der Waals surface area (Å²) < 4.78 is 13.1. The van der Waals surface area contributed by atoms with Crippen LogP contribution in [0.1, 0.15) is 5.56 Å². The summed E-state index contributed by atoms with van der Waals surface area (Å²) in [5, 5.41) is 1.91. The first-order chi connectivity index (χ1) is 6.27. The first kappa shape index (κ1) is 8.38. The monoisotopic (exact) mass is 193 g/mol. The van der Waals surface area contributed by atoms with E-state index >= 15 is 0 Å². The molecule has 66 valence electrons. The Morgan fingerprint density at radius 1 is 1.38 bits per heavy atom. The molecular weight excluding hydrogens is 185 g/mol. The van der Waals surface area contributed by atoms with E-state index < -0.39 is 0 Å². The van der Waals surface area contributed by atoms with Crippen molar-refractivity contribution >= 4 is 11.3 Å². The van der Waals surface area contributed by atoms with Crippen molar-refractivity contribution in [3.63, 3.8) is 0 Å². The van der Waals surface area contributed by atoms with Crippen LogP contribution < -0.4 is 0 Å². The van der Waals surface area contributed by atoms with Crippen LogP contribution in [0, 0.1) is 12.7 Å². The molecule has 0 spiro atoms. The molecule has 2 rings (SSSR count). The first-order valence-electron chi connectivity index (χ1n) is 3.92. The molecule has 0 N–H and O–H groups in total. The Kier molecular flexibility index (Phi) is 2.10. The molecular formula is C10H8FNS. The number of benzene rings is 1. The maximum atomic E-state index is 13.1. The lowest BCUT2D eigenvalue weighted by molar-refractivity contribution is 0.619. The molecule has 0 aliphatic heterocycles. The van der Waals surface area contributed by atoms with Gasteiger partial charge in [-0.15, -0.1) is 11.3 Å². The number of aryl methyl sites for hydroxylation is 1. The van der Waals surface area contributed by atoms with E-state index in [1.165, 1.54) is 17.4 Å². The van der Waals surface area contributed by atoms with Crippen LogP contribution in [0.2, 0.25) is 0 Å². The molecule has 13 heavy (non-hydrogen) atoms. The van der Waals surface area contributed by atoms with Gasteiger partial charge in [0.15, 0.2) is 0 Å². The van der Waals surface area contributed by atoms with Crippen LogP contribution in [0.15, 0.2) is 29.1 Å². The molecule has 0 atom stereocenters. The zero-order valence-electron chi connectivity index (χ0n) is 7.12. The van der Waals surface area contributed by atoms with Gasteiger partial charge in [0.1, 0.15) is 5.82 Å². The Morgan fingerprint density at radius 2 is 2.23 bits per heavy atom. The van der Waals surface area contributed by atoms with Crippen molar-refractivity contribution in [1.82, 2.24) is 4.98 Å². The smallest absolute Gasteiger partial charge is 0.126 e. The average molecular weight is 193 g/mol. The van der Waals surface area contributed by atoms with E-state index in [0.717, 1.165) is 11.3 Å². The van der Waals surface area contributed by atoms with Crippen molar-refractivity contribution in [3.05, 3.63) is 40.5 Å². The Bertz CT molecular complexity index is 409. The lowest BCUT2D eigenvalue weighted by Gasteiger charge is -1.99. The standard InChI is InChI=1S/C10H8FNS/c1-7-2-3-8(4-9(7)11)10-5-13-6-12-10/h2-6H,1H3. The van der Waals surface area contributed by atoms with Crippen molar-refractivity contribution in [3.8, 4) is 11.3 Å². The molecule has 1 heterocycles. The van der Waals surface area contributed by atoms with Crippen LogP contribution in [0.4, 0.5) is 4.39 Å². The molecule has 1 aromatic heterocycles. The molecule has 0 aliphatic carbocycles. The highest BCUT2D eigenvalue weighted by molar-refractivity contribution is 7.07. The number of hydrogen-bond acceptors (Lipinski definition) is 2. The van der Waals surface area contributed by atoms with Crippen LogP contribution in [0.25, 0.3) is 11.3 Å². The van der Waals surface area contributed by atoms with Crippen molar-refractivity contribution in [2.45, 2.75) is 6.92 Å². The highest BCUT2D eigenvalue weighted by Crippen LogP contribution is 2.21. The third kappa shape index (κ3) is 1.60. The fraction of sp³-hybridized carbons (Fsp3) is 0.100. The molecule has 0 radical (unpaired) electrons. The van der Waals surface area contributed by atoms with E-state index in [1.807, 2.05) is 11.4 Å². The largest absolute Gasteiger partial charge is 0.245 e. The summed E-state index contributed by atoms with van der Waals surface area (Å²) in [5.41, 5.74) is 4.08. The Labute approximate surface area is 79.9 Å². The summed E-state index contributed by atoms with van der Waals surface area (Å²) in [6.07, 6.45) is 0. The predicted molar refractivity (Wildman–Crippen MR) is 52.2 cm³/mol. The molecule has 0 bridgehead atoms. The Balaban J connectivity index is 2.49. The summed E-state index contributed by atoms with van der Waals surface area (Å²) >= 11 is 1.51. The molecule has 0 unspecified atom stereocenters. The quantitative estimate of drug-likeness (QED) is 0.677. The number of hydrogen-bond donors (Lipinski definition) is 0. The average Bonchev–Trinajstić information content (AvgIpc) is 2.62. The molecule has 0 saturated carbocycles. The minimum absolute atomic E-state index is 0.175. The lowest BCUT2D eigenvalue weighted by atomic mass is 10.1. The van der Waals surface area contributed by atoms with Crippen LogP contribution in [-0.2, 0) is 0 Å². The zero-order chi connectivity index (χ0) is 9.26. The summed E-state index contributed by atoms with van der Waals surface area (Å²) in [6.45, 7) is 1.75. The van der Waals surface area contributed by atoms with Gasteiger partial charge in [-0.2, -0.15) is 0 Å². The van der Waals surface area contributed by atoms with Crippen LogP contribution in [0.5, 0.6) is 0 Å². The van der Waals surface area contributed by atoms with Crippen molar-refractivity contribution in [2.24, 2.45) is 0 Å². The van der Waals surface area contributed by atoms with Gasteiger partial charge in [0.2, 0.25) is 0 Å². The van der Waals surface area contributed by atoms with E-state index in [4.69, 9.17) is 0 Å². The van der Waals surface area contributed by atoms with Gasteiger partial charge in [-0.25, -0.2) is 9.37 Å². The van der Waals surface area contributed by atoms with E-state index in [2.05, 4.69) is 4.98 Å². The summed E-state index contributed by atoms with van der Waals surface area (Å²) in [4.78, 5) is 4.11. The van der Waals surface area contributed by atoms with Gasteiger partial charge in [0, 0.05) is 10.9 Å². The van der Waals surface area contributed by atoms with Gasteiger partial charge in [-0.1, -0.05) is 12.1 Å². The third-order valence-electron chi connectivity index (χ3n) is 1.90. The lowest BCUT2D eigenvalue weighted by Crippen LogP contribution is -1.83. The second-order valence-corrected chi connectivity index (χ2v) is 3.56. The van der Waals surface area contributed by atoms with Gasteiger partial charge in [0.25, 0.3) is 0 Å². The Morgan fingerprint density at radius 3 is 2.85 bits per heavy atom. The number of nitrogens with zero attached hydrogens (tertiary/aromatic N) is 1. The van der Waals surface area contributed by atoms with Crippen LogP contribution >= 0.6 is 11.3 Å². The maximum Gasteiger partial charge on any atom is 0.126 e. The van der Waals surface area contributed by atoms with Gasteiger partial charge in [-0.3, -0.25) is 0 Å². The van der Waals surface area contributed by atoms with Gasteiger partial charge in [-0.05, 0) is 18.6 Å². The number of halogens is 1. The normalized spacial score (nSPS) is 10.3. The number of aromatic nitrogens is 1. The molecule has 2 aromatic rings. The molecule has 0 aliphatic rings. The minimum Gasteiger partial charge on any atom is -0.245 e.